The number of carbonyl (C=O) groups is 1. The third-order valence-electron chi connectivity index (χ3n) is 2.16. The second-order valence-electron chi connectivity index (χ2n) is 3.28. The van der Waals surface area contributed by atoms with E-state index >= 15 is 0 Å². The standard InChI is InChI=1S/C10H13NO6/c1-5-8(17-10(16)9(14)15)7(4-13)6(3-12)2-11-5/h2,10,12-13,16H,3-4H2,1H3,(H,14,15)/p-1/t10-/m0/s1. The van der Waals surface area contributed by atoms with E-state index < -0.39 is 18.9 Å². The molecule has 0 aliphatic carbocycles. The molecule has 0 radical (unpaired) electrons. The summed E-state index contributed by atoms with van der Waals surface area (Å²) in [6.07, 6.45) is -0.825. The summed E-state index contributed by atoms with van der Waals surface area (Å²) in [6.45, 7) is 0.646. The Bertz CT molecular complexity index is 420. The van der Waals surface area contributed by atoms with Gasteiger partial charge >= 0.3 is 0 Å². The molecule has 0 saturated heterocycles. The van der Waals surface area contributed by atoms with Crippen LogP contribution in [0.25, 0.3) is 0 Å². The zero-order valence-corrected chi connectivity index (χ0v) is 9.08. The number of hydrogen-bond donors (Lipinski definition) is 3. The molecular formula is C10H12NO6-. The highest BCUT2D eigenvalue weighted by atomic mass is 16.6. The highest BCUT2D eigenvalue weighted by Crippen LogP contribution is 2.26. The van der Waals surface area contributed by atoms with E-state index in [1.807, 2.05) is 0 Å². The van der Waals surface area contributed by atoms with Gasteiger partial charge in [-0.1, -0.05) is 0 Å². The monoisotopic (exact) mass is 242 g/mol. The fourth-order valence-corrected chi connectivity index (χ4v) is 1.30. The van der Waals surface area contributed by atoms with Crippen LogP contribution in [0.4, 0.5) is 0 Å². The topological polar surface area (TPSA) is 123 Å². The van der Waals surface area contributed by atoms with Crippen LogP contribution in [-0.2, 0) is 18.0 Å². The first kappa shape index (κ1) is 13.4. The van der Waals surface area contributed by atoms with E-state index in [0.29, 0.717) is 5.56 Å². The number of carboxylic acids is 1. The summed E-state index contributed by atoms with van der Waals surface area (Å²) in [4.78, 5) is 14.2. The average molecular weight is 242 g/mol. The highest BCUT2D eigenvalue weighted by molar-refractivity contribution is 5.68. The van der Waals surface area contributed by atoms with Crippen molar-refractivity contribution in [2.75, 3.05) is 0 Å². The maximum absolute atomic E-state index is 10.4. The van der Waals surface area contributed by atoms with E-state index in [1.165, 1.54) is 13.1 Å². The number of aliphatic carboxylic acids is 1. The van der Waals surface area contributed by atoms with Crippen molar-refractivity contribution in [3.63, 3.8) is 0 Å². The molecule has 1 heterocycles. The van der Waals surface area contributed by atoms with Crippen molar-refractivity contribution >= 4 is 5.97 Å². The summed E-state index contributed by atoms with van der Waals surface area (Å²) < 4.78 is 4.73. The average Bonchev–Trinajstić information content (AvgIpc) is 2.31. The van der Waals surface area contributed by atoms with Crippen LogP contribution in [0.1, 0.15) is 16.8 Å². The Morgan fingerprint density at radius 3 is 2.65 bits per heavy atom. The molecule has 0 amide bonds. The fourth-order valence-electron chi connectivity index (χ4n) is 1.30. The van der Waals surface area contributed by atoms with Crippen LogP contribution in [0.3, 0.4) is 0 Å². The molecule has 1 aromatic heterocycles. The number of aromatic nitrogens is 1. The summed E-state index contributed by atoms with van der Waals surface area (Å²) in [5.41, 5.74) is 0.755. The van der Waals surface area contributed by atoms with Gasteiger partial charge in [-0.3, -0.25) is 4.98 Å². The molecule has 0 aliphatic rings. The van der Waals surface area contributed by atoms with Crippen molar-refractivity contribution in [2.24, 2.45) is 0 Å². The van der Waals surface area contributed by atoms with Crippen molar-refractivity contribution in [2.45, 2.75) is 26.4 Å². The van der Waals surface area contributed by atoms with Crippen LogP contribution in [0.5, 0.6) is 5.75 Å². The molecule has 0 bridgehead atoms. The lowest BCUT2D eigenvalue weighted by Gasteiger charge is -2.19. The number of carbonyl (C=O) groups excluding carboxylic acids is 1. The summed E-state index contributed by atoms with van der Waals surface area (Å²) in [5, 5.41) is 37.5. The van der Waals surface area contributed by atoms with E-state index in [0.717, 1.165) is 0 Å². The van der Waals surface area contributed by atoms with Gasteiger partial charge in [0.2, 0.25) is 6.29 Å². The molecule has 1 rings (SSSR count). The van der Waals surface area contributed by atoms with Gasteiger partial charge in [0, 0.05) is 17.3 Å². The van der Waals surface area contributed by atoms with Crippen molar-refractivity contribution in [3.8, 4) is 5.75 Å². The van der Waals surface area contributed by atoms with Crippen LogP contribution in [-0.4, -0.2) is 32.6 Å². The van der Waals surface area contributed by atoms with Gasteiger partial charge in [0.15, 0.2) is 0 Å². The zero-order chi connectivity index (χ0) is 13.0. The Morgan fingerprint density at radius 1 is 1.53 bits per heavy atom. The second-order valence-corrected chi connectivity index (χ2v) is 3.28. The summed E-state index contributed by atoms with van der Waals surface area (Å²) in [5.74, 6) is -1.88. The molecule has 1 atom stereocenters. The van der Waals surface area contributed by atoms with E-state index in [1.54, 1.807) is 0 Å². The highest BCUT2D eigenvalue weighted by Gasteiger charge is 2.16. The Hall–Kier alpha value is -1.70. The predicted octanol–water partition coefficient (Wildman–Crippen LogP) is -2.18. The summed E-state index contributed by atoms with van der Waals surface area (Å²) >= 11 is 0. The molecule has 0 aliphatic heterocycles. The van der Waals surface area contributed by atoms with Gasteiger partial charge in [-0.15, -0.1) is 0 Å². The number of rotatable bonds is 5. The molecule has 0 saturated carbocycles. The SMILES string of the molecule is Cc1ncc(CO)c(CO)c1O[C@H](O)C(=O)[O-]. The lowest BCUT2D eigenvalue weighted by molar-refractivity contribution is -0.325. The predicted molar refractivity (Wildman–Crippen MR) is 52.5 cm³/mol. The fraction of sp³-hybridized carbons (Fsp3) is 0.400. The second kappa shape index (κ2) is 5.58. The first-order valence-electron chi connectivity index (χ1n) is 4.75. The molecule has 3 N–H and O–H groups in total. The Morgan fingerprint density at radius 2 is 2.18 bits per heavy atom. The van der Waals surface area contributed by atoms with Crippen LogP contribution in [0.2, 0.25) is 0 Å². The molecule has 7 nitrogen and oxygen atoms in total. The maximum atomic E-state index is 10.4. The summed E-state index contributed by atoms with van der Waals surface area (Å²) in [7, 11) is 0. The number of pyridine rings is 1. The van der Waals surface area contributed by atoms with Gasteiger partial charge in [0.05, 0.1) is 18.9 Å². The number of nitrogens with zero attached hydrogens (tertiary/aromatic N) is 1. The van der Waals surface area contributed by atoms with Gasteiger partial charge in [-0.25, -0.2) is 0 Å². The van der Waals surface area contributed by atoms with Crippen LogP contribution in [0.15, 0.2) is 6.20 Å². The molecule has 0 aromatic carbocycles. The molecular weight excluding hydrogens is 230 g/mol. The number of aryl methyl sites for hydroxylation is 1. The van der Waals surface area contributed by atoms with Gasteiger partial charge in [0.25, 0.3) is 0 Å². The first-order valence-corrected chi connectivity index (χ1v) is 4.75. The molecule has 0 fully saturated rings. The van der Waals surface area contributed by atoms with Crippen LogP contribution >= 0.6 is 0 Å². The number of hydrogen-bond acceptors (Lipinski definition) is 7. The van der Waals surface area contributed by atoms with Crippen molar-refractivity contribution in [1.29, 1.82) is 0 Å². The van der Waals surface area contributed by atoms with E-state index in [-0.39, 0.29) is 23.6 Å². The van der Waals surface area contributed by atoms with Gasteiger partial charge in [-0.05, 0) is 6.92 Å². The smallest absolute Gasteiger partial charge is 0.238 e. The Balaban J connectivity index is 3.16. The molecule has 17 heavy (non-hydrogen) atoms. The normalized spacial score (nSPS) is 12.2. The lowest BCUT2D eigenvalue weighted by Crippen LogP contribution is -2.39. The first-order chi connectivity index (χ1) is 8.01. The zero-order valence-electron chi connectivity index (χ0n) is 9.08. The number of ether oxygens (including phenoxy) is 1. The van der Waals surface area contributed by atoms with Crippen LogP contribution < -0.4 is 9.84 Å². The molecule has 94 valence electrons. The number of carboxylic acid groups (broad SMARTS) is 1. The summed E-state index contributed by atoms with van der Waals surface area (Å²) in [6, 6.07) is 0. The molecule has 1 aromatic rings. The van der Waals surface area contributed by atoms with Gasteiger partial charge in [0.1, 0.15) is 11.7 Å². The van der Waals surface area contributed by atoms with Crippen LogP contribution in [0, 0.1) is 6.92 Å². The van der Waals surface area contributed by atoms with E-state index in [9.17, 15) is 9.90 Å². The minimum absolute atomic E-state index is 0.0734. The largest absolute Gasteiger partial charge is 0.544 e. The molecule has 0 spiro atoms. The number of aliphatic hydroxyl groups excluding tert-OH is 3. The Labute approximate surface area is 96.9 Å². The van der Waals surface area contributed by atoms with Crippen molar-refractivity contribution in [3.05, 3.63) is 23.0 Å². The van der Waals surface area contributed by atoms with E-state index in [4.69, 9.17) is 20.1 Å². The lowest BCUT2D eigenvalue weighted by atomic mass is 10.1. The van der Waals surface area contributed by atoms with Gasteiger partial charge in [-0.2, -0.15) is 0 Å². The third-order valence-corrected chi connectivity index (χ3v) is 2.16. The molecule has 0 unspecified atom stereocenters. The van der Waals surface area contributed by atoms with Crippen molar-refractivity contribution < 1.29 is 30.0 Å². The van der Waals surface area contributed by atoms with E-state index in [2.05, 4.69) is 4.98 Å². The minimum Gasteiger partial charge on any atom is -0.544 e. The minimum atomic E-state index is -2.16. The Kier molecular flexibility index (Phi) is 4.38. The van der Waals surface area contributed by atoms with Crippen molar-refractivity contribution in [1.82, 2.24) is 4.98 Å². The quantitative estimate of drug-likeness (QED) is 0.501. The molecule has 7 heteroatoms. The third kappa shape index (κ3) is 2.90. The number of aliphatic hydroxyl groups is 3. The maximum Gasteiger partial charge on any atom is 0.238 e. The van der Waals surface area contributed by atoms with Gasteiger partial charge < -0.3 is 30.0 Å².